The lowest BCUT2D eigenvalue weighted by molar-refractivity contribution is -0.136. The molecule has 0 saturated heterocycles. The lowest BCUT2D eigenvalue weighted by Crippen LogP contribution is -2.11. The number of hydrogen-bond donors (Lipinski definition) is 0. The zero-order chi connectivity index (χ0) is 15.8. The van der Waals surface area contributed by atoms with E-state index in [2.05, 4.69) is 25.8 Å². The van der Waals surface area contributed by atoms with Gasteiger partial charge in [-0.1, -0.05) is 32.9 Å². The molecule has 1 aromatic carbocycles. The lowest BCUT2D eigenvalue weighted by atomic mass is 9.86. The molecule has 114 valence electrons. The van der Waals surface area contributed by atoms with Gasteiger partial charge in [0.25, 0.3) is 0 Å². The Balaban J connectivity index is 2.75. The molecule has 5 heteroatoms. The van der Waals surface area contributed by atoms with Crippen LogP contribution in [-0.4, -0.2) is 11.2 Å². The van der Waals surface area contributed by atoms with Crippen molar-refractivity contribution < 1.29 is 13.2 Å². The number of halogens is 3. The Labute approximate surface area is 127 Å². The quantitative estimate of drug-likeness (QED) is 0.673. The minimum atomic E-state index is -4.39. The molecule has 1 nitrogen and oxygen atoms in total. The number of benzene rings is 1. The molecular formula is C16H18F3NS. The summed E-state index contributed by atoms with van der Waals surface area (Å²) in [7, 11) is 0. The Kier molecular flexibility index (Phi) is 4.24. The maximum atomic E-state index is 13.2. The van der Waals surface area contributed by atoms with Crippen LogP contribution < -0.4 is 0 Å². The Hall–Kier alpha value is -1.23. The summed E-state index contributed by atoms with van der Waals surface area (Å²) >= 11 is 1.36. The predicted octanol–water partition coefficient (Wildman–Crippen LogP) is 5.56. The molecule has 21 heavy (non-hydrogen) atoms. The predicted molar refractivity (Wildman–Crippen MR) is 81.7 cm³/mol. The molecule has 0 spiro atoms. The molecule has 2 rings (SSSR count). The van der Waals surface area contributed by atoms with Crippen LogP contribution in [0.3, 0.4) is 0 Å². The van der Waals surface area contributed by atoms with Gasteiger partial charge in [0.15, 0.2) is 0 Å². The number of para-hydroxylation sites is 1. The Morgan fingerprint density at radius 3 is 2.33 bits per heavy atom. The zero-order valence-corrected chi connectivity index (χ0v) is 13.3. The van der Waals surface area contributed by atoms with Gasteiger partial charge < -0.3 is 0 Å². The van der Waals surface area contributed by atoms with Crippen LogP contribution in [0.5, 0.6) is 0 Å². The van der Waals surface area contributed by atoms with Crippen molar-refractivity contribution in [3.8, 4) is 0 Å². The number of fused-ring (bicyclic) bond motifs is 1. The van der Waals surface area contributed by atoms with E-state index in [1.165, 1.54) is 17.8 Å². The smallest absolute Gasteiger partial charge is 0.241 e. The molecule has 0 amide bonds. The van der Waals surface area contributed by atoms with Crippen molar-refractivity contribution in [1.29, 1.82) is 0 Å². The third-order valence-corrected chi connectivity index (χ3v) is 3.76. The number of aromatic nitrogens is 1. The second-order valence-electron chi connectivity index (χ2n) is 6.26. The molecular weight excluding hydrogens is 295 g/mol. The summed E-state index contributed by atoms with van der Waals surface area (Å²) in [5.74, 6) is 0. The average Bonchev–Trinajstić information content (AvgIpc) is 2.34. The van der Waals surface area contributed by atoms with E-state index in [0.29, 0.717) is 16.8 Å². The van der Waals surface area contributed by atoms with Crippen LogP contribution in [0.25, 0.3) is 10.9 Å². The van der Waals surface area contributed by atoms with Gasteiger partial charge in [0.1, 0.15) is 0 Å². The van der Waals surface area contributed by atoms with Gasteiger partial charge in [-0.3, -0.25) is 0 Å². The van der Waals surface area contributed by atoms with Crippen LogP contribution in [0.2, 0.25) is 0 Å². The summed E-state index contributed by atoms with van der Waals surface area (Å²) in [4.78, 5) is 4.19. The molecule has 0 fully saturated rings. The first-order chi connectivity index (χ1) is 9.62. The Bertz CT molecular complexity index is 657. The molecule has 0 atom stereocenters. The largest absolute Gasteiger partial charge is 0.418 e. The number of thioether (sulfide) groups is 1. The second-order valence-corrected chi connectivity index (χ2v) is 7.09. The van der Waals surface area contributed by atoms with Crippen LogP contribution in [0.15, 0.2) is 29.3 Å². The van der Waals surface area contributed by atoms with E-state index in [9.17, 15) is 13.2 Å². The van der Waals surface area contributed by atoms with E-state index in [1.54, 1.807) is 6.07 Å². The fraction of sp³-hybridized carbons (Fsp3) is 0.438. The Morgan fingerprint density at radius 2 is 1.81 bits per heavy atom. The van der Waals surface area contributed by atoms with Gasteiger partial charge in [0.05, 0.1) is 16.1 Å². The number of alkyl halides is 3. The third kappa shape index (κ3) is 3.70. The summed E-state index contributed by atoms with van der Waals surface area (Å²) in [6, 6.07) is 6.18. The van der Waals surface area contributed by atoms with E-state index < -0.39 is 11.7 Å². The van der Waals surface area contributed by atoms with Crippen LogP contribution in [-0.2, 0) is 12.6 Å². The molecule has 0 saturated carbocycles. The number of pyridine rings is 1. The summed E-state index contributed by atoms with van der Waals surface area (Å²) in [5.41, 5.74) is 0.308. The van der Waals surface area contributed by atoms with Gasteiger partial charge in [-0.25, -0.2) is 4.98 Å². The van der Waals surface area contributed by atoms with Crippen molar-refractivity contribution in [2.75, 3.05) is 6.26 Å². The van der Waals surface area contributed by atoms with E-state index in [1.807, 2.05) is 12.3 Å². The van der Waals surface area contributed by atoms with Crippen molar-refractivity contribution in [1.82, 2.24) is 4.98 Å². The van der Waals surface area contributed by atoms with Gasteiger partial charge in [-0.2, -0.15) is 13.2 Å². The molecule has 0 aliphatic heterocycles. The number of nitrogens with zero attached hydrogens (tertiary/aromatic N) is 1. The van der Waals surface area contributed by atoms with Crippen molar-refractivity contribution in [2.24, 2.45) is 5.41 Å². The normalized spacial score (nSPS) is 12.9. The highest BCUT2D eigenvalue weighted by molar-refractivity contribution is 7.98. The third-order valence-electron chi connectivity index (χ3n) is 3.14. The van der Waals surface area contributed by atoms with Crippen molar-refractivity contribution >= 4 is 22.7 Å². The minimum Gasteiger partial charge on any atom is -0.241 e. The molecule has 0 bridgehead atoms. The maximum Gasteiger partial charge on any atom is 0.418 e. The molecule has 0 unspecified atom stereocenters. The fourth-order valence-electron chi connectivity index (χ4n) is 2.34. The zero-order valence-electron chi connectivity index (χ0n) is 12.5. The first kappa shape index (κ1) is 16.1. The molecule has 0 aliphatic rings. The first-order valence-corrected chi connectivity index (χ1v) is 7.88. The van der Waals surface area contributed by atoms with E-state index in [4.69, 9.17) is 0 Å². The van der Waals surface area contributed by atoms with Crippen molar-refractivity contribution in [3.63, 3.8) is 0 Å². The molecule has 1 heterocycles. The second kappa shape index (κ2) is 5.52. The van der Waals surface area contributed by atoms with Crippen LogP contribution >= 0.6 is 11.8 Å². The lowest BCUT2D eigenvalue weighted by Gasteiger charge is -2.20. The molecule has 0 radical (unpaired) electrons. The van der Waals surface area contributed by atoms with E-state index in [-0.39, 0.29) is 10.9 Å². The highest BCUT2D eigenvalue weighted by atomic mass is 32.2. The van der Waals surface area contributed by atoms with Crippen LogP contribution in [0, 0.1) is 5.41 Å². The summed E-state index contributed by atoms with van der Waals surface area (Å²) in [6.45, 7) is 6.23. The molecule has 1 aromatic heterocycles. The molecule has 2 aromatic rings. The molecule has 0 N–H and O–H groups in total. The maximum absolute atomic E-state index is 13.2. The summed E-state index contributed by atoms with van der Waals surface area (Å²) in [6.07, 6.45) is -1.85. The number of rotatable bonds is 2. The Morgan fingerprint density at radius 1 is 1.14 bits per heavy atom. The van der Waals surface area contributed by atoms with Gasteiger partial charge >= 0.3 is 6.18 Å². The van der Waals surface area contributed by atoms with Gasteiger partial charge in [-0.15, -0.1) is 11.8 Å². The summed E-state index contributed by atoms with van der Waals surface area (Å²) < 4.78 is 39.5. The van der Waals surface area contributed by atoms with E-state index >= 15 is 0 Å². The standard InChI is InChI=1S/C16H18F3NS/c1-15(2,3)9-10-8-13(21-4)20-14-11(10)6-5-7-12(14)16(17,18)19/h5-8H,9H2,1-4H3. The van der Waals surface area contributed by atoms with E-state index in [0.717, 1.165) is 11.6 Å². The number of hydrogen-bond acceptors (Lipinski definition) is 2. The van der Waals surface area contributed by atoms with Gasteiger partial charge in [0.2, 0.25) is 0 Å². The highest BCUT2D eigenvalue weighted by Gasteiger charge is 2.33. The fourth-order valence-corrected chi connectivity index (χ4v) is 2.79. The average molecular weight is 313 g/mol. The van der Waals surface area contributed by atoms with Crippen LogP contribution in [0.4, 0.5) is 13.2 Å². The topological polar surface area (TPSA) is 12.9 Å². The molecule has 0 aliphatic carbocycles. The first-order valence-electron chi connectivity index (χ1n) is 6.66. The highest BCUT2D eigenvalue weighted by Crippen LogP contribution is 2.37. The van der Waals surface area contributed by atoms with Crippen LogP contribution in [0.1, 0.15) is 31.9 Å². The monoisotopic (exact) mass is 313 g/mol. The van der Waals surface area contributed by atoms with Crippen molar-refractivity contribution in [2.45, 2.75) is 38.4 Å². The minimum absolute atomic E-state index is 0.00179. The summed E-state index contributed by atoms with van der Waals surface area (Å²) in [5, 5.41) is 1.22. The van der Waals surface area contributed by atoms with Gasteiger partial charge in [0, 0.05) is 5.39 Å². The van der Waals surface area contributed by atoms with Crippen molar-refractivity contribution in [3.05, 3.63) is 35.4 Å². The van der Waals surface area contributed by atoms with Gasteiger partial charge in [-0.05, 0) is 35.8 Å². The SMILES string of the molecule is CSc1cc(CC(C)(C)C)c2cccc(C(F)(F)F)c2n1.